The summed E-state index contributed by atoms with van der Waals surface area (Å²) in [5.74, 6) is -1.11. The Morgan fingerprint density at radius 2 is 2.10 bits per heavy atom. The summed E-state index contributed by atoms with van der Waals surface area (Å²) in [6, 6.07) is 4.81. The highest BCUT2D eigenvalue weighted by Crippen LogP contribution is 2.31. The van der Waals surface area contributed by atoms with Crippen LogP contribution in [0.25, 0.3) is 0 Å². The summed E-state index contributed by atoms with van der Waals surface area (Å²) in [5.41, 5.74) is 3.75. The van der Waals surface area contributed by atoms with E-state index in [-0.39, 0.29) is 30.3 Å². The van der Waals surface area contributed by atoms with Crippen LogP contribution in [0.4, 0.5) is 0 Å². The average molecular weight is 277 g/mol. The molecule has 6 heteroatoms. The Morgan fingerprint density at radius 3 is 2.75 bits per heavy atom. The second-order valence-corrected chi connectivity index (χ2v) is 4.68. The molecule has 1 aromatic carbocycles. The third-order valence-electron chi connectivity index (χ3n) is 3.23. The first-order valence-electron chi connectivity index (χ1n) is 6.28. The van der Waals surface area contributed by atoms with E-state index in [9.17, 15) is 14.4 Å². The average Bonchev–Trinajstić information content (AvgIpc) is 2.43. The number of carboxylic acids is 1. The van der Waals surface area contributed by atoms with Gasteiger partial charge in [-0.25, -0.2) is 0 Å². The maximum atomic E-state index is 11.9. The number of carboxylic acid groups (broad SMARTS) is 1. The van der Waals surface area contributed by atoms with Gasteiger partial charge in [-0.15, -0.1) is 0 Å². The lowest BCUT2D eigenvalue weighted by Crippen LogP contribution is -2.33. The van der Waals surface area contributed by atoms with Gasteiger partial charge in [0, 0.05) is 24.1 Å². The van der Waals surface area contributed by atoms with E-state index in [1.807, 2.05) is 0 Å². The molecule has 1 heterocycles. The zero-order valence-electron chi connectivity index (χ0n) is 11.0. The van der Waals surface area contributed by atoms with Crippen LogP contribution in [0.5, 0.6) is 5.75 Å². The molecule has 2 N–H and O–H groups in total. The van der Waals surface area contributed by atoms with Gasteiger partial charge in [-0.3, -0.25) is 14.4 Å². The Kier molecular flexibility index (Phi) is 4.14. The molecule has 1 aliphatic heterocycles. The number of rotatable bonds is 5. The van der Waals surface area contributed by atoms with Gasteiger partial charge in [0.05, 0.1) is 12.3 Å². The first-order valence-corrected chi connectivity index (χ1v) is 6.28. The Hall–Kier alpha value is -2.21. The first-order chi connectivity index (χ1) is 9.49. The summed E-state index contributed by atoms with van der Waals surface area (Å²) in [6.07, 6.45) is -0.262. The van der Waals surface area contributed by atoms with Gasteiger partial charge in [-0.1, -0.05) is 0 Å². The largest absolute Gasteiger partial charge is 0.481 e. The Morgan fingerprint density at radius 1 is 1.35 bits per heavy atom. The van der Waals surface area contributed by atoms with Crippen molar-refractivity contribution in [2.75, 3.05) is 6.54 Å². The number of aliphatic carboxylic acids is 1. The van der Waals surface area contributed by atoms with E-state index < -0.39 is 5.97 Å². The summed E-state index contributed by atoms with van der Waals surface area (Å²) < 4.78 is 0. The molecule has 1 atom stereocenters. The second-order valence-electron chi connectivity index (χ2n) is 4.68. The molecule has 20 heavy (non-hydrogen) atoms. The number of hydroxylamine groups is 1. The van der Waals surface area contributed by atoms with Crippen molar-refractivity contribution in [3.8, 4) is 5.75 Å². The molecule has 0 saturated heterocycles. The van der Waals surface area contributed by atoms with Crippen molar-refractivity contribution in [2.45, 2.75) is 25.7 Å². The van der Waals surface area contributed by atoms with Crippen molar-refractivity contribution in [1.29, 1.82) is 0 Å². The van der Waals surface area contributed by atoms with E-state index in [4.69, 9.17) is 9.94 Å². The Labute approximate surface area is 115 Å². The fourth-order valence-electron chi connectivity index (χ4n) is 2.13. The molecule has 0 aliphatic carbocycles. The first kappa shape index (κ1) is 14.2. The monoisotopic (exact) mass is 277 g/mol. The number of Topliss-reactive ketones (excluding diaryl/α,β-unsaturated/α-hetero) is 2. The maximum Gasteiger partial charge on any atom is 0.303 e. The lowest BCUT2D eigenvalue weighted by atomic mass is 9.91. The topological polar surface area (TPSA) is 92.7 Å². The molecule has 6 nitrogen and oxygen atoms in total. The van der Waals surface area contributed by atoms with E-state index in [2.05, 4.69) is 5.48 Å². The predicted octanol–water partition coefficient (Wildman–Crippen LogP) is 1.30. The molecule has 1 unspecified atom stereocenters. The Balaban J connectivity index is 2.25. The van der Waals surface area contributed by atoms with E-state index in [0.29, 0.717) is 23.4 Å². The van der Waals surface area contributed by atoms with Gasteiger partial charge in [-0.05, 0) is 25.1 Å². The van der Waals surface area contributed by atoms with Crippen LogP contribution in [0.15, 0.2) is 18.2 Å². The standard InChI is InChI=1S/C14H15NO5/c1-8(16)11-7-15-20-13-4-2-9(6-10(11)13)12(17)3-5-14(18)19/h2,4,6,11,15H,3,5,7H2,1H3,(H,18,19). The van der Waals surface area contributed by atoms with E-state index in [0.717, 1.165) is 0 Å². The maximum absolute atomic E-state index is 11.9. The summed E-state index contributed by atoms with van der Waals surface area (Å²) in [4.78, 5) is 39.2. The lowest BCUT2D eigenvalue weighted by molar-refractivity contribution is -0.137. The fourth-order valence-corrected chi connectivity index (χ4v) is 2.13. The van der Waals surface area contributed by atoms with Crippen LogP contribution < -0.4 is 10.3 Å². The number of ketones is 2. The van der Waals surface area contributed by atoms with Crippen LogP contribution in [0.2, 0.25) is 0 Å². The molecule has 0 saturated carbocycles. The summed E-state index contributed by atoms with van der Waals surface area (Å²) in [6.45, 7) is 1.84. The van der Waals surface area contributed by atoms with Gasteiger partial charge in [-0.2, -0.15) is 5.48 Å². The van der Waals surface area contributed by atoms with Crippen LogP contribution in [-0.4, -0.2) is 29.2 Å². The summed E-state index contributed by atoms with van der Waals surface area (Å²) >= 11 is 0. The molecule has 0 fully saturated rings. The number of hydrogen-bond acceptors (Lipinski definition) is 5. The quantitative estimate of drug-likeness (QED) is 0.788. The molecule has 0 aromatic heterocycles. The number of fused-ring (bicyclic) bond motifs is 1. The van der Waals surface area contributed by atoms with Crippen LogP contribution in [0.1, 0.15) is 41.6 Å². The van der Waals surface area contributed by atoms with Crippen molar-refractivity contribution < 1.29 is 24.3 Å². The third kappa shape index (κ3) is 3.03. The molecule has 0 bridgehead atoms. The minimum Gasteiger partial charge on any atom is -0.481 e. The molecular weight excluding hydrogens is 262 g/mol. The zero-order chi connectivity index (χ0) is 14.7. The minimum absolute atomic E-state index is 0.0165. The Bertz CT molecular complexity index is 567. The van der Waals surface area contributed by atoms with Crippen molar-refractivity contribution >= 4 is 17.5 Å². The number of carbonyl (C=O) groups excluding carboxylic acids is 2. The van der Waals surface area contributed by atoms with Crippen molar-refractivity contribution in [3.05, 3.63) is 29.3 Å². The van der Waals surface area contributed by atoms with Crippen molar-refractivity contribution in [1.82, 2.24) is 5.48 Å². The smallest absolute Gasteiger partial charge is 0.303 e. The molecule has 1 aromatic rings. The van der Waals surface area contributed by atoms with Crippen LogP contribution in [0, 0.1) is 0 Å². The highest BCUT2D eigenvalue weighted by atomic mass is 16.6. The minimum atomic E-state index is -1.01. The van der Waals surface area contributed by atoms with Crippen molar-refractivity contribution in [2.24, 2.45) is 0 Å². The normalized spacial score (nSPS) is 16.9. The fraction of sp³-hybridized carbons (Fsp3) is 0.357. The van der Waals surface area contributed by atoms with Gasteiger partial charge >= 0.3 is 5.97 Å². The van der Waals surface area contributed by atoms with Gasteiger partial charge < -0.3 is 9.94 Å². The van der Waals surface area contributed by atoms with Gasteiger partial charge in [0.2, 0.25) is 0 Å². The molecule has 106 valence electrons. The highest BCUT2D eigenvalue weighted by molar-refractivity contribution is 5.98. The van der Waals surface area contributed by atoms with E-state index in [1.165, 1.54) is 6.92 Å². The van der Waals surface area contributed by atoms with E-state index >= 15 is 0 Å². The van der Waals surface area contributed by atoms with Gasteiger partial charge in [0.25, 0.3) is 0 Å². The second kappa shape index (κ2) is 5.83. The van der Waals surface area contributed by atoms with Gasteiger partial charge in [0.15, 0.2) is 11.5 Å². The SMILES string of the molecule is CC(=O)C1CNOc2ccc(C(=O)CCC(=O)O)cc21. The zero-order valence-corrected chi connectivity index (χ0v) is 11.0. The van der Waals surface area contributed by atoms with Crippen LogP contribution in [0.3, 0.4) is 0 Å². The van der Waals surface area contributed by atoms with Crippen LogP contribution >= 0.6 is 0 Å². The number of carbonyl (C=O) groups is 3. The lowest BCUT2D eigenvalue weighted by Gasteiger charge is -2.24. The molecule has 0 spiro atoms. The van der Waals surface area contributed by atoms with Crippen LogP contribution in [-0.2, 0) is 9.59 Å². The van der Waals surface area contributed by atoms with Gasteiger partial charge in [0.1, 0.15) is 5.78 Å². The predicted molar refractivity (Wildman–Crippen MR) is 69.7 cm³/mol. The molecule has 2 rings (SSSR count). The number of benzene rings is 1. The summed E-state index contributed by atoms with van der Waals surface area (Å²) in [7, 11) is 0. The number of hydrogen-bond donors (Lipinski definition) is 2. The molecular formula is C14H15NO5. The molecule has 0 amide bonds. The third-order valence-corrected chi connectivity index (χ3v) is 3.23. The van der Waals surface area contributed by atoms with E-state index in [1.54, 1.807) is 18.2 Å². The summed E-state index contributed by atoms with van der Waals surface area (Å²) in [5, 5.41) is 8.59. The highest BCUT2D eigenvalue weighted by Gasteiger charge is 2.26. The number of nitrogens with one attached hydrogen (secondary N) is 1. The molecule has 0 radical (unpaired) electrons. The molecule has 1 aliphatic rings. The van der Waals surface area contributed by atoms with Crippen molar-refractivity contribution in [3.63, 3.8) is 0 Å².